The fourth-order valence-electron chi connectivity index (χ4n) is 1.93. The highest BCUT2D eigenvalue weighted by atomic mass is 32.2. The topological polar surface area (TPSA) is 65.5 Å². The summed E-state index contributed by atoms with van der Waals surface area (Å²) in [6, 6.07) is 7.66. The van der Waals surface area contributed by atoms with Gasteiger partial charge in [0.25, 0.3) is 5.91 Å². The number of rotatable bonds is 9. The highest BCUT2D eigenvalue weighted by molar-refractivity contribution is 7.98. The highest BCUT2D eigenvalue weighted by Crippen LogP contribution is 2.04. The SMILES string of the molecule is CCCCNC(=O)c1ccc(CNC(=NC)NCCSC)cc1. The minimum Gasteiger partial charge on any atom is -0.356 e. The summed E-state index contributed by atoms with van der Waals surface area (Å²) in [6.45, 7) is 4.41. The fraction of sp³-hybridized carbons (Fsp3) is 0.529. The maximum atomic E-state index is 11.9. The minimum absolute atomic E-state index is 0.00694. The van der Waals surface area contributed by atoms with Crippen molar-refractivity contribution in [1.82, 2.24) is 16.0 Å². The maximum absolute atomic E-state index is 11.9. The first-order valence-corrected chi connectivity index (χ1v) is 9.41. The summed E-state index contributed by atoms with van der Waals surface area (Å²) in [4.78, 5) is 16.1. The first-order chi connectivity index (χ1) is 11.2. The number of nitrogens with zero attached hydrogens (tertiary/aromatic N) is 1. The molecule has 0 atom stereocenters. The molecule has 0 heterocycles. The Hall–Kier alpha value is -1.69. The Labute approximate surface area is 143 Å². The van der Waals surface area contributed by atoms with Gasteiger partial charge in [-0.2, -0.15) is 11.8 Å². The molecule has 0 spiro atoms. The summed E-state index contributed by atoms with van der Waals surface area (Å²) in [6.07, 6.45) is 4.17. The smallest absolute Gasteiger partial charge is 0.251 e. The summed E-state index contributed by atoms with van der Waals surface area (Å²) in [5.41, 5.74) is 1.82. The first-order valence-electron chi connectivity index (χ1n) is 8.01. The Balaban J connectivity index is 2.42. The Morgan fingerprint density at radius 1 is 1.13 bits per heavy atom. The van der Waals surface area contributed by atoms with E-state index in [2.05, 4.69) is 34.1 Å². The van der Waals surface area contributed by atoms with E-state index >= 15 is 0 Å². The summed E-state index contributed by atoms with van der Waals surface area (Å²) in [7, 11) is 1.76. The number of amides is 1. The third-order valence-corrected chi connectivity index (χ3v) is 3.93. The second-order valence-corrected chi connectivity index (χ2v) is 6.14. The zero-order chi connectivity index (χ0) is 16.9. The highest BCUT2D eigenvalue weighted by Gasteiger charge is 2.04. The molecular formula is C17H28N4OS. The van der Waals surface area contributed by atoms with Gasteiger partial charge in [-0.25, -0.2) is 0 Å². The lowest BCUT2D eigenvalue weighted by Gasteiger charge is -2.11. The number of carbonyl (C=O) groups is 1. The molecule has 1 aromatic rings. The minimum atomic E-state index is -0.00694. The lowest BCUT2D eigenvalue weighted by molar-refractivity contribution is 0.0953. The van der Waals surface area contributed by atoms with E-state index < -0.39 is 0 Å². The maximum Gasteiger partial charge on any atom is 0.251 e. The third kappa shape index (κ3) is 7.93. The van der Waals surface area contributed by atoms with E-state index in [0.29, 0.717) is 12.1 Å². The molecule has 1 aromatic carbocycles. The summed E-state index contributed by atoms with van der Waals surface area (Å²) < 4.78 is 0. The molecule has 0 unspecified atom stereocenters. The van der Waals surface area contributed by atoms with Gasteiger partial charge in [-0.3, -0.25) is 9.79 Å². The Morgan fingerprint density at radius 3 is 2.48 bits per heavy atom. The van der Waals surface area contributed by atoms with Gasteiger partial charge in [0, 0.05) is 38.0 Å². The second kappa shape index (κ2) is 11.8. The average Bonchev–Trinajstić information content (AvgIpc) is 2.58. The summed E-state index contributed by atoms with van der Waals surface area (Å²) >= 11 is 1.80. The molecule has 0 aliphatic carbocycles. The van der Waals surface area contributed by atoms with Crippen LogP contribution in [0.2, 0.25) is 0 Å². The van der Waals surface area contributed by atoms with Gasteiger partial charge in [-0.1, -0.05) is 25.5 Å². The standard InChI is InChI=1S/C17H28N4OS/c1-4-5-10-19-16(22)15-8-6-14(7-9-15)13-21-17(18-2)20-11-12-23-3/h6-9H,4-5,10-13H2,1-3H3,(H,19,22)(H2,18,20,21). The van der Waals surface area contributed by atoms with Crippen molar-refractivity contribution in [2.75, 3.05) is 32.1 Å². The molecule has 6 heteroatoms. The van der Waals surface area contributed by atoms with E-state index in [1.165, 1.54) is 0 Å². The quantitative estimate of drug-likeness (QED) is 0.368. The van der Waals surface area contributed by atoms with E-state index in [0.717, 1.165) is 43.2 Å². The summed E-state index contributed by atoms with van der Waals surface area (Å²) in [5.74, 6) is 1.83. The number of benzene rings is 1. The van der Waals surface area contributed by atoms with Crippen LogP contribution in [0.15, 0.2) is 29.3 Å². The zero-order valence-corrected chi connectivity index (χ0v) is 15.1. The van der Waals surface area contributed by atoms with Gasteiger partial charge >= 0.3 is 0 Å². The Kier molecular flexibility index (Phi) is 9.95. The molecule has 0 saturated carbocycles. The second-order valence-electron chi connectivity index (χ2n) is 5.15. The van der Waals surface area contributed by atoms with Crippen LogP contribution in [0.3, 0.4) is 0 Å². The molecule has 0 fully saturated rings. The molecule has 1 amide bonds. The van der Waals surface area contributed by atoms with Crippen molar-refractivity contribution in [3.8, 4) is 0 Å². The Bertz CT molecular complexity index is 488. The molecule has 3 N–H and O–H groups in total. The van der Waals surface area contributed by atoms with Crippen molar-refractivity contribution in [2.24, 2.45) is 4.99 Å². The molecule has 0 bridgehead atoms. The molecule has 0 aliphatic rings. The van der Waals surface area contributed by atoms with E-state index in [-0.39, 0.29) is 5.91 Å². The number of guanidine groups is 1. The van der Waals surface area contributed by atoms with E-state index in [4.69, 9.17) is 0 Å². The predicted octanol–water partition coefficient (Wildman–Crippen LogP) is 2.24. The van der Waals surface area contributed by atoms with Crippen molar-refractivity contribution in [3.05, 3.63) is 35.4 Å². The van der Waals surface area contributed by atoms with Crippen molar-refractivity contribution in [3.63, 3.8) is 0 Å². The zero-order valence-electron chi connectivity index (χ0n) is 14.3. The van der Waals surface area contributed by atoms with Gasteiger partial charge in [0.05, 0.1) is 0 Å². The van der Waals surface area contributed by atoms with Crippen LogP contribution in [0.1, 0.15) is 35.7 Å². The van der Waals surface area contributed by atoms with E-state index in [1.54, 1.807) is 18.8 Å². The van der Waals surface area contributed by atoms with Crippen LogP contribution in [-0.4, -0.2) is 44.0 Å². The largest absolute Gasteiger partial charge is 0.356 e. The first kappa shape index (κ1) is 19.4. The number of carbonyl (C=O) groups excluding carboxylic acids is 1. The van der Waals surface area contributed by atoms with Crippen molar-refractivity contribution in [1.29, 1.82) is 0 Å². The molecule has 1 rings (SSSR count). The van der Waals surface area contributed by atoms with Gasteiger partial charge in [0.2, 0.25) is 0 Å². The third-order valence-electron chi connectivity index (χ3n) is 3.31. The van der Waals surface area contributed by atoms with Crippen LogP contribution >= 0.6 is 11.8 Å². The van der Waals surface area contributed by atoms with Crippen molar-refractivity contribution in [2.45, 2.75) is 26.3 Å². The van der Waals surface area contributed by atoms with Gasteiger partial charge in [-0.15, -0.1) is 0 Å². The predicted molar refractivity (Wildman–Crippen MR) is 100 cm³/mol. The number of aliphatic imine (C=N–C) groups is 1. The van der Waals surface area contributed by atoms with Crippen LogP contribution in [0.4, 0.5) is 0 Å². The van der Waals surface area contributed by atoms with Crippen molar-refractivity contribution >= 4 is 23.6 Å². The van der Waals surface area contributed by atoms with Gasteiger partial charge in [-0.05, 0) is 30.4 Å². The number of unbranched alkanes of at least 4 members (excludes halogenated alkanes) is 1. The number of nitrogens with one attached hydrogen (secondary N) is 3. The normalized spacial score (nSPS) is 11.2. The van der Waals surface area contributed by atoms with Gasteiger partial charge < -0.3 is 16.0 Å². The Morgan fingerprint density at radius 2 is 1.87 bits per heavy atom. The average molecular weight is 337 g/mol. The van der Waals surface area contributed by atoms with E-state index in [9.17, 15) is 4.79 Å². The van der Waals surface area contributed by atoms with Crippen LogP contribution in [0.5, 0.6) is 0 Å². The van der Waals surface area contributed by atoms with E-state index in [1.807, 2.05) is 24.3 Å². The van der Waals surface area contributed by atoms with Crippen LogP contribution in [-0.2, 0) is 6.54 Å². The lowest BCUT2D eigenvalue weighted by Crippen LogP contribution is -2.37. The van der Waals surface area contributed by atoms with Crippen LogP contribution in [0.25, 0.3) is 0 Å². The molecule has 23 heavy (non-hydrogen) atoms. The number of hydrogen-bond acceptors (Lipinski definition) is 3. The van der Waals surface area contributed by atoms with Gasteiger partial charge in [0.1, 0.15) is 0 Å². The monoisotopic (exact) mass is 336 g/mol. The van der Waals surface area contributed by atoms with Gasteiger partial charge in [0.15, 0.2) is 5.96 Å². The molecule has 0 radical (unpaired) electrons. The lowest BCUT2D eigenvalue weighted by atomic mass is 10.1. The number of thioether (sulfide) groups is 1. The summed E-state index contributed by atoms with van der Waals surface area (Å²) in [5, 5.41) is 9.44. The van der Waals surface area contributed by atoms with Crippen LogP contribution < -0.4 is 16.0 Å². The number of hydrogen-bond donors (Lipinski definition) is 3. The molecular weight excluding hydrogens is 308 g/mol. The molecule has 0 aliphatic heterocycles. The molecule has 5 nitrogen and oxygen atoms in total. The fourth-order valence-corrected chi connectivity index (χ4v) is 2.24. The van der Waals surface area contributed by atoms with Crippen molar-refractivity contribution < 1.29 is 4.79 Å². The molecule has 0 aromatic heterocycles. The molecule has 128 valence electrons. The molecule has 0 saturated heterocycles. The van der Waals surface area contributed by atoms with Crippen LogP contribution in [0, 0.1) is 0 Å².